The normalized spacial score (nSPS) is 31.7. The van der Waals surface area contributed by atoms with Crippen molar-refractivity contribution < 1.29 is 90.5 Å². The predicted octanol–water partition coefficient (Wildman–Crippen LogP) is 9.28. The molecule has 0 bridgehead atoms. The first kappa shape index (κ1) is 62.7. The summed E-state index contributed by atoms with van der Waals surface area (Å²) >= 11 is 0. The molecule has 0 saturated carbocycles. The minimum atomic E-state index is -1.65. The van der Waals surface area contributed by atoms with E-state index in [0.717, 1.165) is 0 Å². The summed E-state index contributed by atoms with van der Waals surface area (Å²) in [5.41, 5.74) is 8.62. The van der Waals surface area contributed by atoms with Gasteiger partial charge in [0, 0.05) is 28.1 Å². The van der Waals surface area contributed by atoms with E-state index in [0.29, 0.717) is 16.7 Å². The number of hydrogen-bond donors (Lipinski definition) is 1. The summed E-state index contributed by atoms with van der Waals surface area (Å²) in [5.74, 6) is -2.25. The number of hydrogen-bond acceptors (Lipinski definition) is 20. The summed E-state index contributed by atoms with van der Waals surface area (Å²) in [6.07, 6.45) is -21.3. The smallest absolute Gasteiger partial charge is 0.338 e. The second kappa shape index (κ2) is 27.9. The number of aliphatic hydroxyl groups is 1. The standard InChI is InChI=1S/C68H71N3O19/c1-67(2,58-53(83-60(73)40-23-11-5-12-24-40)49(72)50-46(80-58)37-77-63(86-50)43-29-17-8-18-30-43)89-54-51-47(38-78-64(87-51)44-31-19-9-20-32-44)81-59(56(54)84-61(74)41-25-13-6-14-26-41)68(3,4)90-55-52-48(39-79-65(88-52)45-33-21-10-22-34-45)82-66(76-36-35-70-71-69)57(55)85-62(75)42-27-15-7-16-28-42/h5-34,46-59,63-66,72H,35-39H2,1-4H3/t46?,47?,48?,49-,50+,51+,52+,53?,54-,55?,56?,57-,58+,59+,63?,64?,65?,66+/m0/s1. The van der Waals surface area contributed by atoms with Crippen LogP contribution in [0.4, 0.5) is 0 Å². The first-order chi connectivity index (χ1) is 43.7. The average molecular weight is 1230 g/mol. The van der Waals surface area contributed by atoms with Crippen LogP contribution in [0.1, 0.15) is 94.3 Å². The van der Waals surface area contributed by atoms with Crippen LogP contribution in [0.2, 0.25) is 0 Å². The maximum absolute atomic E-state index is 15.0. The van der Waals surface area contributed by atoms with Gasteiger partial charge in [0.05, 0.1) is 54.3 Å². The summed E-state index contributed by atoms with van der Waals surface area (Å²) in [5, 5.41) is 16.3. The Bertz CT molecular complexity index is 3390. The van der Waals surface area contributed by atoms with E-state index in [1.54, 1.807) is 119 Å². The number of ether oxygens (including phenoxy) is 15. The van der Waals surface area contributed by atoms with Gasteiger partial charge in [-0.25, -0.2) is 14.4 Å². The van der Waals surface area contributed by atoms with Crippen molar-refractivity contribution in [1.82, 2.24) is 0 Å². The van der Waals surface area contributed by atoms with Crippen LogP contribution < -0.4 is 0 Å². The van der Waals surface area contributed by atoms with Crippen molar-refractivity contribution in [3.63, 3.8) is 0 Å². The maximum Gasteiger partial charge on any atom is 0.338 e. The van der Waals surface area contributed by atoms with E-state index in [2.05, 4.69) is 10.0 Å². The molecule has 0 aliphatic carbocycles. The van der Waals surface area contributed by atoms with E-state index in [1.165, 1.54) is 0 Å². The second-order valence-corrected chi connectivity index (χ2v) is 23.7. The first-order valence-electron chi connectivity index (χ1n) is 30.1. The SMILES string of the molecule is CC(C)(O[C@@H]1C(OC(=O)c2ccccc2)[C@H](C(C)(C)OC2[C@@H]3OC(c4ccccc4)OCC3O[C@@H](OCCN=[N+]=[N-])[C@H]2OC(=O)c2ccccc2)OC2COC(c3ccccc3)O[C@H]21)[C@@H]1OC2COC(c3ccccc3)O[C@H]2[C@H](O)C1OC(=O)c1ccccc1. The van der Waals surface area contributed by atoms with Crippen LogP contribution >= 0.6 is 0 Å². The quantitative estimate of drug-likeness (QED) is 0.0198. The van der Waals surface area contributed by atoms with E-state index >= 15 is 0 Å². The molecule has 6 heterocycles. The van der Waals surface area contributed by atoms with Crippen LogP contribution in [0.5, 0.6) is 0 Å². The molecule has 6 aromatic rings. The van der Waals surface area contributed by atoms with Crippen molar-refractivity contribution in [2.45, 2.75) is 150 Å². The molecular formula is C68H71N3O19. The topological polar surface area (TPSA) is 259 Å². The number of fused-ring (bicyclic) bond motifs is 3. The molecule has 22 nitrogen and oxygen atoms in total. The monoisotopic (exact) mass is 1230 g/mol. The van der Waals surface area contributed by atoms with Gasteiger partial charge < -0.3 is 76.2 Å². The van der Waals surface area contributed by atoms with Crippen LogP contribution in [0.15, 0.2) is 187 Å². The minimum Gasteiger partial charge on any atom is -0.453 e. The number of carbonyl (C=O) groups excluding carboxylic acids is 3. The third-order valence-electron chi connectivity index (χ3n) is 16.7. The number of esters is 3. The van der Waals surface area contributed by atoms with E-state index in [9.17, 15) is 25.0 Å². The number of azide groups is 1. The number of carbonyl (C=O) groups is 3. The number of rotatable bonds is 19. The van der Waals surface area contributed by atoms with Gasteiger partial charge >= 0.3 is 17.9 Å². The van der Waals surface area contributed by atoms with Crippen molar-refractivity contribution in [3.05, 3.63) is 226 Å². The van der Waals surface area contributed by atoms with E-state index in [1.807, 2.05) is 91.0 Å². The molecule has 6 aliphatic heterocycles. The summed E-state index contributed by atoms with van der Waals surface area (Å²) in [6, 6.07) is 52.9. The summed E-state index contributed by atoms with van der Waals surface area (Å²) in [6.45, 7) is 6.53. The fourth-order valence-corrected chi connectivity index (χ4v) is 12.4. The number of nitrogens with zero attached hydrogens (tertiary/aromatic N) is 3. The molecule has 0 radical (unpaired) electrons. The summed E-state index contributed by atoms with van der Waals surface area (Å²) < 4.78 is 101. The molecule has 6 fully saturated rings. The van der Waals surface area contributed by atoms with Gasteiger partial charge in [-0.05, 0) is 69.6 Å². The molecule has 1 N–H and O–H groups in total. The second-order valence-electron chi connectivity index (χ2n) is 23.7. The Balaban J connectivity index is 0.946. The molecule has 0 aromatic heterocycles. The Morgan fingerprint density at radius 3 is 1.23 bits per heavy atom. The van der Waals surface area contributed by atoms with Gasteiger partial charge in [0.15, 0.2) is 43.5 Å². The van der Waals surface area contributed by atoms with E-state index in [4.69, 9.17) is 71.1 Å². The average Bonchev–Trinajstić information content (AvgIpc) is 0.754. The molecule has 22 heteroatoms. The fraction of sp³-hybridized carbons (Fsp3) is 0.426. The highest BCUT2D eigenvalue weighted by molar-refractivity contribution is 5.90. The maximum atomic E-state index is 15.0. The first-order valence-corrected chi connectivity index (χ1v) is 30.1. The van der Waals surface area contributed by atoms with Crippen molar-refractivity contribution >= 4 is 17.9 Å². The van der Waals surface area contributed by atoms with Crippen LogP contribution in [-0.2, 0) is 71.1 Å². The predicted molar refractivity (Wildman–Crippen MR) is 317 cm³/mol. The third-order valence-corrected chi connectivity index (χ3v) is 16.7. The summed E-state index contributed by atoms with van der Waals surface area (Å²) in [4.78, 5) is 46.6. The van der Waals surface area contributed by atoms with Gasteiger partial charge in [-0.1, -0.05) is 151 Å². The Morgan fingerprint density at radius 2 is 0.811 bits per heavy atom. The Kier molecular flexibility index (Phi) is 19.5. The van der Waals surface area contributed by atoms with Gasteiger partial charge in [0.25, 0.3) is 0 Å². The van der Waals surface area contributed by atoms with Crippen molar-refractivity contribution in [2.75, 3.05) is 33.0 Å². The van der Waals surface area contributed by atoms with Crippen molar-refractivity contribution in [2.24, 2.45) is 5.11 Å². The van der Waals surface area contributed by atoms with Crippen LogP contribution in [0.25, 0.3) is 10.4 Å². The zero-order valence-electron chi connectivity index (χ0n) is 49.9. The number of benzene rings is 6. The van der Waals surface area contributed by atoms with E-state index in [-0.39, 0.29) is 49.7 Å². The highest BCUT2D eigenvalue weighted by Crippen LogP contribution is 2.47. The molecule has 6 aliphatic rings. The van der Waals surface area contributed by atoms with Crippen molar-refractivity contribution in [1.29, 1.82) is 0 Å². The zero-order valence-corrected chi connectivity index (χ0v) is 49.9. The molecule has 90 heavy (non-hydrogen) atoms. The number of aliphatic hydroxyl groups excluding tert-OH is 1. The lowest BCUT2D eigenvalue weighted by Crippen LogP contribution is -2.72. The van der Waals surface area contributed by atoms with Gasteiger partial charge in [-0.2, -0.15) is 0 Å². The van der Waals surface area contributed by atoms with Crippen LogP contribution in [-0.4, -0.2) is 159 Å². The van der Waals surface area contributed by atoms with Gasteiger partial charge in [-0.3, -0.25) is 0 Å². The minimum absolute atomic E-state index is 0.0311. The lowest BCUT2D eigenvalue weighted by Gasteiger charge is -2.56. The highest BCUT2D eigenvalue weighted by Gasteiger charge is 2.63. The third kappa shape index (κ3) is 13.9. The Hall–Kier alpha value is -7.48. The highest BCUT2D eigenvalue weighted by atomic mass is 16.8. The molecular weight excluding hydrogens is 1160 g/mol. The molecule has 18 atom stereocenters. The van der Waals surface area contributed by atoms with Crippen LogP contribution in [0, 0.1) is 0 Å². The zero-order chi connectivity index (χ0) is 62.4. The molecule has 9 unspecified atom stereocenters. The molecule has 0 spiro atoms. The molecule has 12 rings (SSSR count). The summed E-state index contributed by atoms with van der Waals surface area (Å²) in [7, 11) is 0. The van der Waals surface area contributed by atoms with Gasteiger partial charge in [0.1, 0.15) is 67.1 Å². The van der Waals surface area contributed by atoms with Gasteiger partial charge in [0.2, 0.25) is 0 Å². The molecule has 0 amide bonds. The largest absolute Gasteiger partial charge is 0.453 e. The lowest BCUT2D eigenvalue weighted by molar-refractivity contribution is -0.391. The van der Waals surface area contributed by atoms with E-state index < -0.39 is 140 Å². The Morgan fingerprint density at radius 1 is 0.467 bits per heavy atom. The van der Waals surface area contributed by atoms with Gasteiger partial charge in [-0.15, -0.1) is 0 Å². The molecule has 6 aromatic carbocycles. The Labute approximate surface area is 519 Å². The van der Waals surface area contributed by atoms with Crippen LogP contribution in [0.3, 0.4) is 0 Å². The van der Waals surface area contributed by atoms with Crippen molar-refractivity contribution in [3.8, 4) is 0 Å². The molecule has 472 valence electrons. The fourth-order valence-electron chi connectivity index (χ4n) is 12.4. The lowest BCUT2D eigenvalue weighted by atomic mass is 9.83. The molecule has 6 saturated heterocycles.